The van der Waals surface area contributed by atoms with Gasteiger partial charge in [0.2, 0.25) is 0 Å². The lowest BCUT2D eigenvalue weighted by atomic mass is 9.95. The van der Waals surface area contributed by atoms with Crippen LogP contribution in [0.25, 0.3) is 0 Å². The highest BCUT2D eigenvalue weighted by molar-refractivity contribution is 5.93. The first-order chi connectivity index (χ1) is 10.7. The van der Waals surface area contributed by atoms with Gasteiger partial charge in [0.1, 0.15) is 18.0 Å². The summed E-state index contributed by atoms with van der Waals surface area (Å²) in [6.07, 6.45) is 7.57. The van der Waals surface area contributed by atoms with E-state index in [-0.39, 0.29) is 5.91 Å². The molecule has 1 fully saturated rings. The van der Waals surface area contributed by atoms with Crippen molar-refractivity contribution in [1.82, 2.24) is 29.6 Å². The van der Waals surface area contributed by atoms with Crippen LogP contribution in [0, 0.1) is 0 Å². The molecule has 0 bridgehead atoms. The first-order valence-electron chi connectivity index (χ1n) is 7.63. The summed E-state index contributed by atoms with van der Waals surface area (Å²) in [5, 5.41) is 8.11. The second-order valence-corrected chi connectivity index (χ2v) is 5.61. The third-order valence-corrected chi connectivity index (χ3v) is 4.16. The van der Waals surface area contributed by atoms with Crippen LogP contribution in [0.15, 0.2) is 18.7 Å². The number of carbonyl (C=O) groups is 1. The van der Waals surface area contributed by atoms with Gasteiger partial charge in [-0.05, 0) is 12.8 Å². The Hall–Kier alpha value is -2.31. The molecule has 1 aliphatic rings. The Labute approximate surface area is 129 Å². The summed E-state index contributed by atoms with van der Waals surface area (Å²) in [6, 6.07) is 0. The minimum atomic E-state index is 0.0130. The average molecular weight is 300 g/mol. The van der Waals surface area contributed by atoms with E-state index in [2.05, 4.69) is 20.2 Å². The molecule has 0 atom stereocenters. The first kappa shape index (κ1) is 14.6. The molecule has 0 aromatic carbocycles. The van der Waals surface area contributed by atoms with Gasteiger partial charge in [0.25, 0.3) is 5.91 Å². The third-order valence-electron chi connectivity index (χ3n) is 4.16. The van der Waals surface area contributed by atoms with E-state index in [1.54, 1.807) is 18.7 Å². The Morgan fingerprint density at radius 1 is 1.27 bits per heavy atom. The van der Waals surface area contributed by atoms with Gasteiger partial charge in [-0.1, -0.05) is 6.92 Å². The predicted molar refractivity (Wildman–Crippen MR) is 80.3 cm³/mol. The summed E-state index contributed by atoms with van der Waals surface area (Å²) in [6.45, 7) is 3.45. The molecule has 0 saturated carbocycles. The summed E-state index contributed by atoms with van der Waals surface area (Å²) in [5.41, 5.74) is 0.564. The van der Waals surface area contributed by atoms with Crippen LogP contribution >= 0.6 is 0 Å². The number of aromatic nitrogens is 5. The minimum absolute atomic E-state index is 0.0130. The highest BCUT2D eigenvalue weighted by Crippen LogP contribution is 2.26. The van der Waals surface area contributed by atoms with Crippen LogP contribution in [0.1, 0.15) is 47.7 Å². The van der Waals surface area contributed by atoms with Gasteiger partial charge in [-0.25, -0.2) is 9.97 Å². The Bertz CT molecular complexity index is 642. The normalized spacial score (nSPS) is 16.0. The molecular weight excluding hydrogens is 280 g/mol. The maximum absolute atomic E-state index is 12.5. The highest BCUT2D eigenvalue weighted by Gasteiger charge is 2.27. The van der Waals surface area contributed by atoms with Crippen molar-refractivity contribution in [3.8, 4) is 0 Å². The van der Waals surface area contributed by atoms with Gasteiger partial charge in [-0.3, -0.25) is 4.79 Å². The van der Waals surface area contributed by atoms with E-state index >= 15 is 0 Å². The predicted octanol–water partition coefficient (Wildman–Crippen LogP) is 1.19. The van der Waals surface area contributed by atoms with Gasteiger partial charge < -0.3 is 9.47 Å². The van der Waals surface area contributed by atoms with Crippen molar-refractivity contribution >= 4 is 5.91 Å². The smallest absolute Gasteiger partial charge is 0.256 e. The van der Waals surface area contributed by atoms with Gasteiger partial charge in [0, 0.05) is 44.9 Å². The molecule has 0 N–H and O–H groups in total. The summed E-state index contributed by atoms with van der Waals surface area (Å²) in [7, 11) is 1.96. The topological polar surface area (TPSA) is 76.8 Å². The van der Waals surface area contributed by atoms with Gasteiger partial charge in [0.15, 0.2) is 0 Å². The number of aryl methyl sites for hydroxylation is 2. The minimum Gasteiger partial charge on any atom is -0.339 e. The summed E-state index contributed by atoms with van der Waals surface area (Å²) in [5.74, 6) is 2.15. The Morgan fingerprint density at radius 2 is 1.95 bits per heavy atom. The zero-order valence-electron chi connectivity index (χ0n) is 12.9. The molecule has 22 heavy (non-hydrogen) atoms. The molecule has 1 saturated heterocycles. The van der Waals surface area contributed by atoms with Crippen LogP contribution in [-0.4, -0.2) is 48.6 Å². The lowest BCUT2D eigenvalue weighted by molar-refractivity contribution is 0.0709. The van der Waals surface area contributed by atoms with Gasteiger partial charge in [0.05, 0.1) is 5.56 Å². The quantitative estimate of drug-likeness (QED) is 0.851. The zero-order valence-corrected chi connectivity index (χ0v) is 12.9. The Balaban J connectivity index is 1.63. The Morgan fingerprint density at radius 3 is 2.50 bits per heavy atom. The monoisotopic (exact) mass is 300 g/mol. The zero-order chi connectivity index (χ0) is 15.5. The van der Waals surface area contributed by atoms with E-state index in [0.29, 0.717) is 11.5 Å². The summed E-state index contributed by atoms with van der Waals surface area (Å²) >= 11 is 0. The van der Waals surface area contributed by atoms with Crippen LogP contribution in [0.2, 0.25) is 0 Å². The number of likely N-dealkylation sites (tertiary alicyclic amines) is 1. The number of nitrogens with zero attached hydrogens (tertiary/aromatic N) is 6. The number of rotatable bonds is 3. The molecule has 3 heterocycles. The van der Waals surface area contributed by atoms with Crippen molar-refractivity contribution in [2.45, 2.75) is 32.1 Å². The SMILES string of the molecule is CCc1ncc(C(=O)N2CCC(c3nncn3C)CC2)cn1. The summed E-state index contributed by atoms with van der Waals surface area (Å²) in [4.78, 5) is 22.7. The van der Waals surface area contributed by atoms with Crippen molar-refractivity contribution < 1.29 is 4.79 Å². The largest absolute Gasteiger partial charge is 0.339 e. The molecule has 1 aliphatic heterocycles. The highest BCUT2D eigenvalue weighted by atomic mass is 16.2. The van der Waals surface area contributed by atoms with E-state index in [9.17, 15) is 4.79 Å². The fourth-order valence-electron chi connectivity index (χ4n) is 2.83. The van der Waals surface area contributed by atoms with Crippen molar-refractivity contribution in [2.24, 2.45) is 7.05 Å². The van der Waals surface area contributed by atoms with E-state index in [1.165, 1.54) is 0 Å². The lowest BCUT2D eigenvalue weighted by Gasteiger charge is -2.31. The van der Waals surface area contributed by atoms with Crippen LogP contribution in [0.4, 0.5) is 0 Å². The van der Waals surface area contributed by atoms with Gasteiger partial charge in [-0.2, -0.15) is 0 Å². The molecule has 0 radical (unpaired) electrons. The first-order valence-corrected chi connectivity index (χ1v) is 7.63. The molecule has 7 nitrogen and oxygen atoms in total. The number of amides is 1. The maximum Gasteiger partial charge on any atom is 0.256 e. The fraction of sp³-hybridized carbons (Fsp3) is 0.533. The number of hydrogen-bond acceptors (Lipinski definition) is 5. The van der Waals surface area contributed by atoms with E-state index in [4.69, 9.17) is 0 Å². The molecule has 2 aromatic rings. The molecule has 116 valence electrons. The van der Waals surface area contributed by atoms with E-state index < -0.39 is 0 Å². The van der Waals surface area contributed by atoms with Crippen LogP contribution in [0.3, 0.4) is 0 Å². The third kappa shape index (κ3) is 2.84. The lowest BCUT2D eigenvalue weighted by Crippen LogP contribution is -2.38. The average Bonchev–Trinajstić information content (AvgIpc) is 3.00. The van der Waals surface area contributed by atoms with Crippen molar-refractivity contribution in [3.63, 3.8) is 0 Å². The molecule has 0 aliphatic carbocycles. The van der Waals surface area contributed by atoms with Crippen molar-refractivity contribution in [1.29, 1.82) is 0 Å². The molecule has 0 spiro atoms. The molecule has 7 heteroatoms. The maximum atomic E-state index is 12.5. The van der Waals surface area contributed by atoms with Crippen molar-refractivity contribution in [2.75, 3.05) is 13.1 Å². The standard InChI is InChI=1S/C15H20N6O/c1-3-13-16-8-12(9-17-13)15(22)21-6-4-11(5-7-21)14-19-18-10-20(14)2/h8-11H,3-7H2,1-2H3. The molecule has 2 aromatic heterocycles. The second kappa shape index (κ2) is 6.21. The van der Waals surface area contributed by atoms with Gasteiger partial charge in [-0.15, -0.1) is 10.2 Å². The molecule has 1 amide bonds. The summed E-state index contributed by atoms with van der Waals surface area (Å²) < 4.78 is 1.96. The van der Waals surface area contributed by atoms with Crippen LogP contribution < -0.4 is 0 Å². The van der Waals surface area contributed by atoms with Crippen LogP contribution in [-0.2, 0) is 13.5 Å². The Kier molecular flexibility index (Phi) is 4.13. The molecule has 3 rings (SSSR count). The van der Waals surface area contributed by atoms with E-state index in [1.807, 2.05) is 23.4 Å². The second-order valence-electron chi connectivity index (χ2n) is 5.61. The molecular formula is C15H20N6O. The van der Waals surface area contributed by atoms with E-state index in [0.717, 1.165) is 44.0 Å². The molecule has 0 unspecified atom stereocenters. The van der Waals surface area contributed by atoms with Gasteiger partial charge >= 0.3 is 0 Å². The fourth-order valence-corrected chi connectivity index (χ4v) is 2.83. The van der Waals surface area contributed by atoms with Crippen LogP contribution in [0.5, 0.6) is 0 Å². The number of hydrogen-bond donors (Lipinski definition) is 0. The van der Waals surface area contributed by atoms with Crippen molar-refractivity contribution in [3.05, 3.63) is 35.9 Å². The number of piperidine rings is 1. The number of carbonyl (C=O) groups excluding carboxylic acids is 1.